The molecular formula is C12H16BrFN2O2. The van der Waals surface area contributed by atoms with E-state index < -0.39 is 11.6 Å². The second kappa shape index (κ2) is 6.70. The lowest BCUT2D eigenvalue weighted by Gasteiger charge is -2.10. The van der Waals surface area contributed by atoms with E-state index in [9.17, 15) is 9.18 Å². The third-order valence-corrected chi connectivity index (χ3v) is 3.00. The maximum absolute atomic E-state index is 13.2. The Labute approximate surface area is 114 Å². The number of phenols is 1. The fraction of sp³-hybridized carbons (Fsp3) is 0.417. The minimum atomic E-state index is -0.809. The molecule has 6 heteroatoms. The van der Waals surface area contributed by atoms with Gasteiger partial charge in [-0.1, -0.05) is 0 Å². The van der Waals surface area contributed by atoms with Crippen LogP contribution in [0.2, 0.25) is 0 Å². The first kappa shape index (κ1) is 14.9. The molecule has 0 bridgehead atoms. The number of hydrogen-bond donors (Lipinski definition) is 2. The van der Waals surface area contributed by atoms with Gasteiger partial charge in [0.05, 0.1) is 5.56 Å². The predicted molar refractivity (Wildman–Crippen MR) is 71.3 cm³/mol. The highest BCUT2D eigenvalue weighted by Gasteiger charge is 2.13. The van der Waals surface area contributed by atoms with Crippen LogP contribution in [0.4, 0.5) is 4.39 Å². The van der Waals surface area contributed by atoms with Crippen molar-refractivity contribution in [2.45, 2.75) is 6.42 Å². The molecule has 100 valence electrons. The lowest BCUT2D eigenvalue weighted by atomic mass is 10.2. The van der Waals surface area contributed by atoms with Gasteiger partial charge in [0.1, 0.15) is 0 Å². The van der Waals surface area contributed by atoms with E-state index in [4.69, 9.17) is 5.11 Å². The van der Waals surface area contributed by atoms with E-state index in [1.807, 2.05) is 19.0 Å². The number of halogens is 2. The van der Waals surface area contributed by atoms with Crippen LogP contribution in [0.25, 0.3) is 0 Å². The molecule has 0 aliphatic heterocycles. The third-order valence-electron chi connectivity index (χ3n) is 2.35. The van der Waals surface area contributed by atoms with Gasteiger partial charge in [0, 0.05) is 11.0 Å². The summed E-state index contributed by atoms with van der Waals surface area (Å²) in [6.07, 6.45) is 0.816. The molecule has 2 N–H and O–H groups in total. The van der Waals surface area contributed by atoms with Gasteiger partial charge in [0.25, 0.3) is 5.91 Å². The number of nitrogens with one attached hydrogen (secondary N) is 1. The van der Waals surface area contributed by atoms with Crippen molar-refractivity contribution in [3.05, 3.63) is 28.0 Å². The van der Waals surface area contributed by atoms with Crippen LogP contribution in [0, 0.1) is 5.82 Å². The number of phenolic OH excluding ortho intramolecular Hbond substituents is 1. The molecule has 4 nitrogen and oxygen atoms in total. The van der Waals surface area contributed by atoms with Crippen LogP contribution in [0.1, 0.15) is 16.8 Å². The van der Waals surface area contributed by atoms with Gasteiger partial charge in [-0.05, 0) is 55.1 Å². The van der Waals surface area contributed by atoms with Gasteiger partial charge < -0.3 is 15.3 Å². The zero-order chi connectivity index (χ0) is 13.7. The van der Waals surface area contributed by atoms with Crippen LogP contribution in [0.5, 0.6) is 5.75 Å². The quantitative estimate of drug-likeness (QED) is 0.816. The minimum Gasteiger partial charge on any atom is -0.505 e. The molecule has 0 heterocycles. The Morgan fingerprint density at radius 2 is 2.17 bits per heavy atom. The van der Waals surface area contributed by atoms with Crippen molar-refractivity contribution in [3.8, 4) is 5.75 Å². The summed E-state index contributed by atoms with van der Waals surface area (Å²) in [6.45, 7) is 1.39. The summed E-state index contributed by atoms with van der Waals surface area (Å²) in [7, 11) is 3.90. The largest absolute Gasteiger partial charge is 0.505 e. The summed E-state index contributed by atoms with van der Waals surface area (Å²) in [4.78, 5) is 13.8. The normalized spacial score (nSPS) is 10.7. The topological polar surface area (TPSA) is 52.6 Å². The molecule has 1 amide bonds. The molecule has 0 fully saturated rings. The van der Waals surface area contributed by atoms with E-state index in [1.165, 1.54) is 6.07 Å². The SMILES string of the molecule is CN(C)CCCNC(=O)c1cc(F)c(O)cc1Br. The van der Waals surface area contributed by atoms with Crippen molar-refractivity contribution in [3.63, 3.8) is 0 Å². The van der Waals surface area contributed by atoms with E-state index in [1.54, 1.807) is 0 Å². The van der Waals surface area contributed by atoms with Crippen molar-refractivity contribution in [2.75, 3.05) is 27.2 Å². The van der Waals surface area contributed by atoms with Gasteiger partial charge in [-0.2, -0.15) is 0 Å². The molecule has 0 saturated heterocycles. The molecule has 0 spiro atoms. The molecule has 1 rings (SSSR count). The first-order chi connectivity index (χ1) is 8.41. The van der Waals surface area contributed by atoms with Crippen LogP contribution in [0.15, 0.2) is 16.6 Å². The summed E-state index contributed by atoms with van der Waals surface area (Å²) in [5.74, 6) is -1.65. The Hall–Kier alpha value is -1.14. The van der Waals surface area contributed by atoms with Crippen LogP contribution in [-0.2, 0) is 0 Å². The fourth-order valence-corrected chi connectivity index (χ4v) is 1.91. The van der Waals surface area contributed by atoms with Crippen LogP contribution in [0.3, 0.4) is 0 Å². The summed E-state index contributed by atoms with van der Waals surface area (Å²) < 4.78 is 13.5. The Bertz CT molecular complexity index is 438. The number of carbonyl (C=O) groups is 1. The van der Waals surface area contributed by atoms with E-state index in [-0.39, 0.29) is 11.5 Å². The van der Waals surface area contributed by atoms with Crippen LogP contribution in [-0.4, -0.2) is 43.1 Å². The molecule has 0 unspecified atom stereocenters. The zero-order valence-corrected chi connectivity index (χ0v) is 11.9. The Morgan fingerprint density at radius 1 is 1.50 bits per heavy atom. The van der Waals surface area contributed by atoms with Gasteiger partial charge in [-0.3, -0.25) is 4.79 Å². The summed E-state index contributed by atoms with van der Waals surface area (Å²) in [6, 6.07) is 2.19. The molecular weight excluding hydrogens is 303 g/mol. The molecule has 1 aromatic rings. The number of hydrogen-bond acceptors (Lipinski definition) is 3. The van der Waals surface area contributed by atoms with Crippen molar-refractivity contribution in [2.24, 2.45) is 0 Å². The molecule has 0 aliphatic rings. The molecule has 18 heavy (non-hydrogen) atoms. The van der Waals surface area contributed by atoms with Crippen molar-refractivity contribution < 1.29 is 14.3 Å². The predicted octanol–water partition coefficient (Wildman–Crippen LogP) is 1.98. The third kappa shape index (κ3) is 4.27. The van der Waals surface area contributed by atoms with E-state index in [0.29, 0.717) is 11.0 Å². The number of amides is 1. The van der Waals surface area contributed by atoms with Crippen molar-refractivity contribution in [1.29, 1.82) is 0 Å². The van der Waals surface area contributed by atoms with Gasteiger partial charge in [-0.25, -0.2) is 4.39 Å². The molecule has 0 saturated carbocycles. The molecule has 0 atom stereocenters. The second-order valence-corrected chi connectivity index (χ2v) is 5.05. The number of benzene rings is 1. The van der Waals surface area contributed by atoms with Crippen molar-refractivity contribution >= 4 is 21.8 Å². The maximum atomic E-state index is 13.2. The summed E-state index contributed by atoms with van der Waals surface area (Å²) in [5.41, 5.74) is 0.176. The Morgan fingerprint density at radius 3 is 2.78 bits per heavy atom. The Kier molecular flexibility index (Phi) is 5.55. The van der Waals surface area contributed by atoms with E-state index in [0.717, 1.165) is 19.0 Å². The number of carbonyl (C=O) groups excluding carboxylic acids is 1. The van der Waals surface area contributed by atoms with E-state index in [2.05, 4.69) is 21.2 Å². The summed E-state index contributed by atoms with van der Waals surface area (Å²) in [5, 5.41) is 11.8. The molecule has 0 aromatic heterocycles. The molecule has 0 aliphatic carbocycles. The van der Waals surface area contributed by atoms with Crippen LogP contribution < -0.4 is 5.32 Å². The average Bonchev–Trinajstić information content (AvgIpc) is 2.28. The Balaban J connectivity index is 2.59. The van der Waals surface area contributed by atoms with E-state index >= 15 is 0 Å². The zero-order valence-electron chi connectivity index (χ0n) is 10.3. The first-order valence-corrected chi connectivity index (χ1v) is 6.32. The van der Waals surface area contributed by atoms with Gasteiger partial charge in [0.2, 0.25) is 0 Å². The number of nitrogens with zero attached hydrogens (tertiary/aromatic N) is 1. The molecule has 1 aromatic carbocycles. The lowest BCUT2D eigenvalue weighted by Crippen LogP contribution is -2.27. The average molecular weight is 319 g/mol. The standard InChI is InChI=1S/C12H16BrFN2O2/c1-16(2)5-3-4-15-12(18)8-6-10(14)11(17)7-9(8)13/h6-7,17H,3-5H2,1-2H3,(H,15,18). The number of aromatic hydroxyl groups is 1. The monoisotopic (exact) mass is 318 g/mol. The van der Waals surface area contributed by atoms with Crippen LogP contribution >= 0.6 is 15.9 Å². The van der Waals surface area contributed by atoms with Crippen molar-refractivity contribution in [1.82, 2.24) is 10.2 Å². The van der Waals surface area contributed by atoms with Gasteiger partial charge in [-0.15, -0.1) is 0 Å². The highest BCUT2D eigenvalue weighted by molar-refractivity contribution is 9.10. The van der Waals surface area contributed by atoms with Gasteiger partial charge >= 0.3 is 0 Å². The maximum Gasteiger partial charge on any atom is 0.252 e. The minimum absolute atomic E-state index is 0.176. The second-order valence-electron chi connectivity index (χ2n) is 4.20. The highest BCUT2D eigenvalue weighted by atomic mass is 79.9. The lowest BCUT2D eigenvalue weighted by molar-refractivity contribution is 0.0951. The molecule has 0 radical (unpaired) electrons. The smallest absolute Gasteiger partial charge is 0.252 e. The van der Waals surface area contributed by atoms with Gasteiger partial charge in [0.15, 0.2) is 11.6 Å². The highest BCUT2D eigenvalue weighted by Crippen LogP contribution is 2.25. The first-order valence-electron chi connectivity index (χ1n) is 5.52. The fourth-order valence-electron chi connectivity index (χ4n) is 1.40. The number of rotatable bonds is 5. The summed E-state index contributed by atoms with van der Waals surface area (Å²) >= 11 is 3.12.